The minimum absolute atomic E-state index is 0.0954. The zero-order chi connectivity index (χ0) is 17.6. The molecule has 1 aliphatic rings. The molecule has 0 spiro atoms. The molecule has 3 rings (SSSR count). The van der Waals surface area contributed by atoms with Crippen LogP contribution in [0, 0.1) is 0 Å². The third kappa shape index (κ3) is 4.25. The lowest BCUT2D eigenvalue weighted by Gasteiger charge is -2.17. The minimum Gasteiger partial charge on any atom is -0.376 e. The van der Waals surface area contributed by atoms with Crippen LogP contribution in [0.4, 0.5) is 5.69 Å². The number of anilines is 1. The van der Waals surface area contributed by atoms with E-state index in [1.54, 1.807) is 36.2 Å². The van der Waals surface area contributed by atoms with Gasteiger partial charge in [-0.05, 0) is 43.2 Å². The second-order valence-electron chi connectivity index (χ2n) is 6.13. The number of nitrogens with zero attached hydrogens (tertiary/aromatic N) is 1. The second-order valence-corrected chi connectivity index (χ2v) is 6.13. The first-order chi connectivity index (χ1) is 12.1. The van der Waals surface area contributed by atoms with Crippen molar-refractivity contribution >= 4 is 17.5 Å². The number of para-hydroxylation sites is 1. The molecule has 1 atom stereocenters. The summed E-state index contributed by atoms with van der Waals surface area (Å²) in [5.74, 6) is -0.340. The standard InChI is InChI=1S/C20H22N2O3/c1-22(17-9-3-2-4-10-17)20(24)16-8-5-7-15(13-16)19(23)21-14-18-11-6-12-25-18/h2-5,7-10,13,18H,6,11-12,14H2,1H3,(H,21,23). The zero-order valence-corrected chi connectivity index (χ0v) is 14.3. The molecule has 5 nitrogen and oxygen atoms in total. The van der Waals surface area contributed by atoms with Crippen molar-refractivity contribution in [1.29, 1.82) is 0 Å². The average molecular weight is 338 g/mol. The zero-order valence-electron chi connectivity index (χ0n) is 14.3. The molecule has 25 heavy (non-hydrogen) atoms. The van der Waals surface area contributed by atoms with E-state index in [4.69, 9.17) is 4.74 Å². The van der Waals surface area contributed by atoms with Gasteiger partial charge in [0.05, 0.1) is 6.10 Å². The van der Waals surface area contributed by atoms with Gasteiger partial charge in [-0.25, -0.2) is 0 Å². The average Bonchev–Trinajstić information content (AvgIpc) is 3.19. The third-order valence-corrected chi connectivity index (χ3v) is 4.33. The Balaban J connectivity index is 1.67. The number of benzene rings is 2. The lowest BCUT2D eigenvalue weighted by molar-refractivity contribution is 0.0858. The van der Waals surface area contributed by atoms with E-state index in [1.165, 1.54) is 0 Å². The van der Waals surface area contributed by atoms with Crippen molar-refractivity contribution in [1.82, 2.24) is 5.32 Å². The van der Waals surface area contributed by atoms with Crippen LogP contribution >= 0.6 is 0 Å². The van der Waals surface area contributed by atoms with Crippen LogP contribution in [0.2, 0.25) is 0 Å². The lowest BCUT2D eigenvalue weighted by atomic mass is 10.1. The molecule has 5 heteroatoms. The van der Waals surface area contributed by atoms with Gasteiger partial charge in [0.1, 0.15) is 0 Å². The van der Waals surface area contributed by atoms with E-state index in [0.29, 0.717) is 17.7 Å². The van der Waals surface area contributed by atoms with Crippen LogP contribution < -0.4 is 10.2 Å². The molecule has 0 saturated carbocycles. The van der Waals surface area contributed by atoms with Gasteiger partial charge in [-0.15, -0.1) is 0 Å². The molecular formula is C20H22N2O3. The fraction of sp³-hybridized carbons (Fsp3) is 0.300. The molecule has 0 radical (unpaired) electrons. The highest BCUT2D eigenvalue weighted by atomic mass is 16.5. The number of hydrogen-bond donors (Lipinski definition) is 1. The molecule has 0 bridgehead atoms. The number of amides is 2. The summed E-state index contributed by atoms with van der Waals surface area (Å²) in [6, 6.07) is 16.2. The first kappa shape index (κ1) is 17.2. The van der Waals surface area contributed by atoms with Gasteiger partial charge in [0.2, 0.25) is 0 Å². The van der Waals surface area contributed by atoms with Crippen LogP contribution in [0.25, 0.3) is 0 Å². The van der Waals surface area contributed by atoms with Crippen LogP contribution in [0.1, 0.15) is 33.6 Å². The Bertz CT molecular complexity index is 740. The maximum Gasteiger partial charge on any atom is 0.258 e. The Morgan fingerprint density at radius 2 is 1.88 bits per heavy atom. The molecule has 2 amide bonds. The number of ether oxygens (including phenoxy) is 1. The molecule has 1 fully saturated rings. The molecule has 1 N–H and O–H groups in total. The monoisotopic (exact) mass is 338 g/mol. The SMILES string of the molecule is CN(C(=O)c1cccc(C(=O)NCC2CCCO2)c1)c1ccccc1. The van der Waals surface area contributed by atoms with Crippen LogP contribution in [0.3, 0.4) is 0 Å². The van der Waals surface area contributed by atoms with Crippen molar-refractivity contribution in [3.05, 3.63) is 65.7 Å². The Labute approximate surface area is 147 Å². The van der Waals surface area contributed by atoms with Crippen LogP contribution in [-0.2, 0) is 4.74 Å². The van der Waals surface area contributed by atoms with Crippen molar-refractivity contribution in [2.75, 3.05) is 25.1 Å². The Morgan fingerprint density at radius 1 is 1.12 bits per heavy atom. The Morgan fingerprint density at radius 3 is 2.60 bits per heavy atom. The second kappa shape index (κ2) is 7.94. The van der Waals surface area contributed by atoms with E-state index >= 15 is 0 Å². The number of carbonyl (C=O) groups is 2. The summed E-state index contributed by atoms with van der Waals surface area (Å²) in [5, 5.41) is 2.88. The van der Waals surface area contributed by atoms with E-state index < -0.39 is 0 Å². The highest BCUT2D eigenvalue weighted by Gasteiger charge is 2.18. The van der Waals surface area contributed by atoms with E-state index in [2.05, 4.69) is 5.32 Å². The van der Waals surface area contributed by atoms with E-state index in [-0.39, 0.29) is 17.9 Å². The Kier molecular flexibility index (Phi) is 5.46. The van der Waals surface area contributed by atoms with Crippen molar-refractivity contribution in [2.24, 2.45) is 0 Å². The van der Waals surface area contributed by atoms with Gasteiger partial charge < -0.3 is 15.0 Å². The first-order valence-electron chi connectivity index (χ1n) is 8.48. The van der Waals surface area contributed by atoms with Gasteiger partial charge in [0, 0.05) is 37.0 Å². The summed E-state index contributed by atoms with van der Waals surface area (Å²) in [4.78, 5) is 26.6. The maximum absolute atomic E-state index is 12.7. The molecular weight excluding hydrogens is 316 g/mol. The van der Waals surface area contributed by atoms with E-state index in [0.717, 1.165) is 25.1 Å². The molecule has 0 aliphatic carbocycles. The predicted octanol–water partition coefficient (Wildman–Crippen LogP) is 2.87. The van der Waals surface area contributed by atoms with Crippen molar-refractivity contribution < 1.29 is 14.3 Å². The molecule has 2 aromatic rings. The topological polar surface area (TPSA) is 58.6 Å². The van der Waals surface area contributed by atoms with Gasteiger partial charge in [-0.1, -0.05) is 24.3 Å². The number of rotatable bonds is 5. The maximum atomic E-state index is 12.7. The summed E-state index contributed by atoms with van der Waals surface area (Å²) >= 11 is 0. The summed E-state index contributed by atoms with van der Waals surface area (Å²) < 4.78 is 5.51. The predicted molar refractivity (Wildman–Crippen MR) is 96.9 cm³/mol. The number of hydrogen-bond acceptors (Lipinski definition) is 3. The highest BCUT2D eigenvalue weighted by molar-refractivity contribution is 6.07. The van der Waals surface area contributed by atoms with Gasteiger partial charge in [0.25, 0.3) is 11.8 Å². The summed E-state index contributed by atoms with van der Waals surface area (Å²) in [7, 11) is 1.72. The molecule has 1 heterocycles. The quantitative estimate of drug-likeness (QED) is 0.912. The molecule has 130 valence electrons. The van der Waals surface area contributed by atoms with Gasteiger partial charge >= 0.3 is 0 Å². The van der Waals surface area contributed by atoms with Gasteiger partial charge in [-0.2, -0.15) is 0 Å². The van der Waals surface area contributed by atoms with E-state index in [1.807, 2.05) is 30.3 Å². The van der Waals surface area contributed by atoms with Crippen molar-refractivity contribution in [3.8, 4) is 0 Å². The smallest absolute Gasteiger partial charge is 0.258 e. The van der Waals surface area contributed by atoms with Crippen LogP contribution in [-0.4, -0.2) is 38.1 Å². The fourth-order valence-corrected chi connectivity index (χ4v) is 2.87. The van der Waals surface area contributed by atoms with Crippen LogP contribution in [0.5, 0.6) is 0 Å². The molecule has 1 unspecified atom stereocenters. The molecule has 1 saturated heterocycles. The minimum atomic E-state index is -0.187. The molecule has 2 aromatic carbocycles. The molecule has 0 aromatic heterocycles. The van der Waals surface area contributed by atoms with Crippen molar-refractivity contribution in [3.63, 3.8) is 0 Å². The largest absolute Gasteiger partial charge is 0.376 e. The number of carbonyl (C=O) groups excluding carboxylic acids is 2. The first-order valence-corrected chi connectivity index (χ1v) is 8.48. The normalized spacial score (nSPS) is 16.4. The summed E-state index contributed by atoms with van der Waals surface area (Å²) in [6.07, 6.45) is 2.11. The highest BCUT2D eigenvalue weighted by Crippen LogP contribution is 2.16. The fourth-order valence-electron chi connectivity index (χ4n) is 2.87. The molecule has 1 aliphatic heterocycles. The van der Waals surface area contributed by atoms with Gasteiger partial charge in [0.15, 0.2) is 0 Å². The summed E-state index contributed by atoms with van der Waals surface area (Å²) in [5.41, 5.74) is 1.77. The van der Waals surface area contributed by atoms with Crippen molar-refractivity contribution in [2.45, 2.75) is 18.9 Å². The number of nitrogens with one attached hydrogen (secondary N) is 1. The summed E-state index contributed by atoms with van der Waals surface area (Å²) in [6.45, 7) is 1.26. The van der Waals surface area contributed by atoms with Gasteiger partial charge in [-0.3, -0.25) is 9.59 Å². The lowest BCUT2D eigenvalue weighted by Crippen LogP contribution is -2.32. The van der Waals surface area contributed by atoms with E-state index in [9.17, 15) is 9.59 Å². The third-order valence-electron chi connectivity index (χ3n) is 4.33. The Hall–Kier alpha value is -2.66. The van der Waals surface area contributed by atoms with Crippen LogP contribution in [0.15, 0.2) is 54.6 Å².